The molecular formula is C18H20N2O4S. The van der Waals surface area contributed by atoms with Crippen LogP contribution in [-0.2, 0) is 21.2 Å². The maximum absolute atomic E-state index is 12.7. The number of aromatic nitrogens is 1. The Morgan fingerprint density at radius 1 is 1.28 bits per heavy atom. The normalized spacial score (nSPS) is 18.2. The van der Waals surface area contributed by atoms with Crippen LogP contribution in [0.5, 0.6) is 0 Å². The van der Waals surface area contributed by atoms with E-state index in [0.717, 1.165) is 12.0 Å². The standard InChI is InChI=1S/C18H20N2O4S/c1-24-18(21)17-7-3-2-5-15(17)11-14-8-10-20(13-14)25(22,23)16-6-4-9-19-12-16/h2-7,9,12,14H,8,10-11,13H2,1H3. The first kappa shape index (κ1) is 17.6. The van der Waals surface area contributed by atoms with Crippen LogP contribution in [0.3, 0.4) is 0 Å². The number of carbonyl (C=O) groups is 1. The highest BCUT2D eigenvalue weighted by Crippen LogP contribution is 2.27. The second-order valence-electron chi connectivity index (χ2n) is 6.06. The number of pyridine rings is 1. The van der Waals surface area contributed by atoms with Crippen molar-refractivity contribution in [1.82, 2.24) is 9.29 Å². The second-order valence-corrected chi connectivity index (χ2v) is 8.00. The van der Waals surface area contributed by atoms with Gasteiger partial charge in [0.15, 0.2) is 0 Å². The summed E-state index contributed by atoms with van der Waals surface area (Å²) in [6.07, 6.45) is 4.32. The summed E-state index contributed by atoms with van der Waals surface area (Å²) in [7, 11) is -2.16. The first-order valence-corrected chi connectivity index (χ1v) is 9.53. The molecular weight excluding hydrogens is 340 g/mol. The van der Waals surface area contributed by atoms with Crippen LogP contribution in [0.15, 0.2) is 53.7 Å². The summed E-state index contributed by atoms with van der Waals surface area (Å²) in [5.41, 5.74) is 1.43. The number of sulfonamides is 1. The molecule has 25 heavy (non-hydrogen) atoms. The Morgan fingerprint density at radius 3 is 2.80 bits per heavy atom. The van der Waals surface area contributed by atoms with Gasteiger partial charge in [-0.05, 0) is 42.5 Å². The smallest absolute Gasteiger partial charge is 0.338 e. The number of esters is 1. The van der Waals surface area contributed by atoms with Gasteiger partial charge in [0.1, 0.15) is 4.90 Å². The average molecular weight is 360 g/mol. The molecule has 132 valence electrons. The van der Waals surface area contributed by atoms with Crippen molar-refractivity contribution in [2.24, 2.45) is 5.92 Å². The number of methoxy groups -OCH3 is 1. The molecule has 0 saturated carbocycles. The van der Waals surface area contributed by atoms with Crippen molar-refractivity contribution < 1.29 is 17.9 Å². The van der Waals surface area contributed by atoms with Crippen LogP contribution in [0.1, 0.15) is 22.3 Å². The van der Waals surface area contributed by atoms with Gasteiger partial charge in [0.2, 0.25) is 10.0 Å². The fraction of sp³-hybridized carbons (Fsp3) is 0.333. The number of benzene rings is 1. The van der Waals surface area contributed by atoms with Gasteiger partial charge in [-0.15, -0.1) is 0 Å². The molecule has 1 unspecified atom stereocenters. The SMILES string of the molecule is COC(=O)c1ccccc1CC1CCN(S(=O)(=O)c2cccnc2)C1. The van der Waals surface area contributed by atoms with Gasteiger partial charge in [0.25, 0.3) is 0 Å². The largest absolute Gasteiger partial charge is 0.465 e. The second kappa shape index (κ2) is 7.33. The van der Waals surface area contributed by atoms with Crippen molar-refractivity contribution in [1.29, 1.82) is 0 Å². The summed E-state index contributed by atoms with van der Waals surface area (Å²) in [5, 5.41) is 0. The number of hydrogen-bond acceptors (Lipinski definition) is 5. The Labute approximate surface area is 147 Å². The zero-order chi connectivity index (χ0) is 17.9. The van der Waals surface area contributed by atoms with E-state index in [1.807, 2.05) is 12.1 Å². The van der Waals surface area contributed by atoms with Crippen molar-refractivity contribution in [3.8, 4) is 0 Å². The minimum atomic E-state index is -3.52. The molecule has 0 N–H and O–H groups in total. The van der Waals surface area contributed by atoms with Gasteiger partial charge in [-0.2, -0.15) is 4.31 Å². The van der Waals surface area contributed by atoms with Gasteiger partial charge < -0.3 is 4.74 Å². The molecule has 0 bridgehead atoms. The lowest BCUT2D eigenvalue weighted by Gasteiger charge is -2.17. The molecule has 1 aliphatic heterocycles. The van der Waals surface area contributed by atoms with E-state index >= 15 is 0 Å². The Balaban J connectivity index is 1.73. The van der Waals surface area contributed by atoms with E-state index < -0.39 is 10.0 Å². The van der Waals surface area contributed by atoms with Gasteiger partial charge in [-0.3, -0.25) is 4.98 Å². The lowest BCUT2D eigenvalue weighted by molar-refractivity contribution is 0.0599. The van der Waals surface area contributed by atoms with Crippen molar-refractivity contribution in [2.75, 3.05) is 20.2 Å². The Bertz CT molecular complexity index is 852. The van der Waals surface area contributed by atoms with E-state index in [4.69, 9.17) is 4.74 Å². The number of nitrogens with zero attached hydrogens (tertiary/aromatic N) is 2. The van der Waals surface area contributed by atoms with Gasteiger partial charge in [0, 0.05) is 25.5 Å². The van der Waals surface area contributed by atoms with Crippen molar-refractivity contribution >= 4 is 16.0 Å². The maximum atomic E-state index is 12.7. The molecule has 1 saturated heterocycles. The van der Waals surface area contributed by atoms with E-state index in [1.165, 1.54) is 17.6 Å². The third-order valence-corrected chi connectivity index (χ3v) is 6.30. The zero-order valence-corrected chi connectivity index (χ0v) is 14.8. The predicted molar refractivity (Wildman–Crippen MR) is 92.6 cm³/mol. The quantitative estimate of drug-likeness (QED) is 0.764. The summed E-state index contributed by atoms with van der Waals surface area (Å²) >= 11 is 0. The average Bonchev–Trinajstić information content (AvgIpc) is 3.11. The zero-order valence-electron chi connectivity index (χ0n) is 14.0. The molecule has 0 radical (unpaired) electrons. The molecule has 6 nitrogen and oxygen atoms in total. The molecule has 0 spiro atoms. The lowest BCUT2D eigenvalue weighted by Crippen LogP contribution is -2.29. The molecule has 0 amide bonds. The molecule has 1 aromatic carbocycles. The first-order valence-electron chi connectivity index (χ1n) is 8.09. The lowest BCUT2D eigenvalue weighted by atomic mass is 9.95. The Morgan fingerprint density at radius 2 is 2.08 bits per heavy atom. The molecule has 1 atom stereocenters. The third kappa shape index (κ3) is 3.72. The Hall–Kier alpha value is -2.25. The molecule has 7 heteroatoms. The molecule has 2 heterocycles. The molecule has 2 aromatic rings. The first-order chi connectivity index (χ1) is 12.0. The van der Waals surface area contributed by atoms with E-state index in [-0.39, 0.29) is 16.8 Å². The molecule has 1 aliphatic rings. The summed E-state index contributed by atoms with van der Waals surface area (Å²) in [4.78, 5) is 16.0. The van der Waals surface area contributed by atoms with Gasteiger partial charge in [-0.1, -0.05) is 18.2 Å². The Kier molecular flexibility index (Phi) is 5.15. The van der Waals surface area contributed by atoms with E-state index in [1.54, 1.807) is 30.5 Å². The van der Waals surface area contributed by atoms with E-state index in [9.17, 15) is 13.2 Å². The highest BCUT2D eigenvalue weighted by molar-refractivity contribution is 7.89. The minimum Gasteiger partial charge on any atom is -0.465 e. The summed E-state index contributed by atoms with van der Waals surface area (Å²) in [5.74, 6) is -0.203. The van der Waals surface area contributed by atoms with Crippen molar-refractivity contribution in [3.63, 3.8) is 0 Å². The van der Waals surface area contributed by atoms with Crippen LogP contribution in [-0.4, -0.2) is 43.9 Å². The predicted octanol–water partition coefficient (Wildman–Crippen LogP) is 2.12. The van der Waals surface area contributed by atoms with E-state index in [2.05, 4.69) is 4.98 Å². The molecule has 1 aromatic heterocycles. The topological polar surface area (TPSA) is 76.6 Å². The fourth-order valence-electron chi connectivity index (χ4n) is 3.15. The van der Waals surface area contributed by atoms with Crippen molar-refractivity contribution in [3.05, 3.63) is 59.9 Å². The molecule has 3 rings (SSSR count). The highest BCUT2D eigenvalue weighted by atomic mass is 32.2. The van der Waals surface area contributed by atoms with Gasteiger partial charge in [-0.25, -0.2) is 13.2 Å². The summed E-state index contributed by atoms with van der Waals surface area (Å²) in [6, 6.07) is 10.5. The molecule has 0 aliphatic carbocycles. The number of ether oxygens (including phenoxy) is 1. The third-order valence-electron chi connectivity index (χ3n) is 4.45. The van der Waals surface area contributed by atoms with Gasteiger partial charge >= 0.3 is 5.97 Å². The van der Waals surface area contributed by atoms with E-state index in [0.29, 0.717) is 25.1 Å². The fourth-order valence-corrected chi connectivity index (χ4v) is 4.64. The molecule has 1 fully saturated rings. The highest BCUT2D eigenvalue weighted by Gasteiger charge is 2.33. The number of carbonyl (C=O) groups excluding carboxylic acids is 1. The van der Waals surface area contributed by atoms with Crippen LogP contribution in [0.25, 0.3) is 0 Å². The van der Waals surface area contributed by atoms with Crippen LogP contribution >= 0.6 is 0 Å². The minimum absolute atomic E-state index is 0.164. The maximum Gasteiger partial charge on any atom is 0.338 e. The van der Waals surface area contributed by atoms with Crippen molar-refractivity contribution in [2.45, 2.75) is 17.7 Å². The van der Waals surface area contributed by atoms with Crippen LogP contribution in [0.2, 0.25) is 0 Å². The van der Waals surface area contributed by atoms with Gasteiger partial charge in [0.05, 0.1) is 12.7 Å². The summed E-state index contributed by atoms with van der Waals surface area (Å²) in [6.45, 7) is 0.912. The monoisotopic (exact) mass is 360 g/mol. The van der Waals surface area contributed by atoms with Crippen LogP contribution in [0.4, 0.5) is 0 Å². The number of hydrogen-bond donors (Lipinski definition) is 0. The summed E-state index contributed by atoms with van der Waals surface area (Å²) < 4.78 is 31.6. The van der Waals surface area contributed by atoms with Crippen LogP contribution < -0.4 is 0 Å². The number of rotatable bonds is 5. The van der Waals surface area contributed by atoms with Crippen LogP contribution in [0, 0.1) is 5.92 Å².